The van der Waals surface area contributed by atoms with E-state index in [1.807, 2.05) is 18.2 Å². The van der Waals surface area contributed by atoms with Gasteiger partial charge in [-0.05, 0) is 12.1 Å². The van der Waals surface area contributed by atoms with Gasteiger partial charge < -0.3 is 16.0 Å². The van der Waals surface area contributed by atoms with Gasteiger partial charge in [-0.2, -0.15) is 5.10 Å². The molecule has 2 heterocycles. The molecule has 0 bridgehead atoms. The van der Waals surface area contributed by atoms with Gasteiger partial charge in [0.05, 0.1) is 12.2 Å². The third-order valence-corrected chi connectivity index (χ3v) is 3.83. The van der Waals surface area contributed by atoms with Crippen LogP contribution in [-0.4, -0.2) is 54.0 Å². The first-order chi connectivity index (χ1) is 11.1. The lowest BCUT2D eigenvalue weighted by atomic mass is 10.1. The Labute approximate surface area is 132 Å². The first kappa shape index (κ1) is 15.0. The number of hydrazone groups is 1. The number of nitrogens with zero attached hydrogens (tertiary/aromatic N) is 3. The van der Waals surface area contributed by atoms with E-state index >= 15 is 0 Å². The molecule has 1 saturated heterocycles. The van der Waals surface area contributed by atoms with E-state index in [9.17, 15) is 14.4 Å². The van der Waals surface area contributed by atoms with Gasteiger partial charge in [0.2, 0.25) is 11.8 Å². The molecule has 2 aliphatic rings. The van der Waals surface area contributed by atoms with Gasteiger partial charge in [0.1, 0.15) is 11.8 Å². The van der Waals surface area contributed by atoms with Crippen LogP contribution in [0.15, 0.2) is 35.4 Å². The van der Waals surface area contributed by atoms with Crippen LogP contribution in [0.25, 0.3) is 0 Å². The van der Waals surface area contributed by atoms with Crippen molar-refractivity contribution in [3.05, 3.63) is 30.3 Å². The zero-order chi connectivity index (χ0) is 16.4. The third-order valence-electron chi connectivity index (χ3n) is 3.83. The summed E-state index contributed by atoms with van der Waals surface area (Å²) in [6.07, 6.45) is 0.140. The Balaban J connectivity index is 1.84. The summed E-state index contributed by atoms with van der Waals surface area (Å²) in [6.45, 7) is 0.847. The molecule has 8 heteroatoms. The van der Waals surface area contributed by atoms with Crippen molar-refractivity contribution in [2.45, 2.75) is 12.5 Å². The predicted octanol–water partition coefficient (Wildman–Crippen LogP) is -0.935. The molecule has 8 nitrogen and oxygen atoms in total. The molecule has 3 rings (SSSR count). The van der Waals surface area contributed by atoms with E-state index in [4.69, 9.17) is 5.73 Å². The fraction of sp³-hybridized carbons (Fsp3) is 0.333. The third kappa shape index (κ3) is 3.01. The fourth-order valence-electron chi connectivity index (χ4n) is 2.67. The molecule has 1 fully saturated rings. The van der Waals surface area contributed by atoms with E-state index in [-0.39, 0.29) is 30.5 Å². The van der Waals surface area contributed by atoms with Gasteiger partial charge in [-0.3, -0.25) is 19.4 Å². The average Bonchev–Trinajstić information content (AvgIpc) is 3.00. The molecule has 0 radical (unpaired) electrons. The summed E-state index contributed by atoms with van der Waals surface area (Å²) in [5.74, 6) is -1.07. The van der Waals surface area contributed by atoms with Crippen LogP contribution in [0.3, 0.4) is 0 Å². The van der Waals surface area contributed by atoms with Crippen LogP contribution in [-0.2, 0) is 14.4 Å². The number of hydrogen-bond donors (Lipinski definition) is 2. The highest BCUT2D eigenvalue weighted by Crippen LogP contribution is 2.24. The van der Waals surface area contributed by atoms with E-state index in [1.54, 1.807) is 12.1 Å². The van der Waals surface area contributed by atoms with Crippen molar-refractivity contribution in [1.82, 2.24) is 10.2 Å². The number of nitrogens with one attached hydrogen (secondary N) is 1. The fourth-order valence-corrected chi connectivity index (χ4v) is 2.67. The second kappa shape index (κ2) is 6.07. The molecule has 0 aromatic heterocycles. The van der Waals surface area contributed by atoms with Crippen LogP contribution in [0, 0.1) is 0 Å². The molecule has 1 atom stereocenters. The average molecular weight is 315 g/mol. The molecule has 0 aliphatic carbocycles. The SMILES string of the molecule is NC(=O)[C@@H]1CC(C(=O)N2CCNC(=O)C2)=NN1c1ccccc1. The van der Waals surface area contributed by atoms with Crippen molar-refractivity contribution in [1.29, 1.82) is 0 Å². The van der Waals surface area contributed by atoms with Gasteiger partial charge in [-0.15, -0.1) is 0 Å². The Morgan fingerprint density at radius 1 is 1.26 bits per heavy atom. The maximum atomic E-state index is 12.5. The zero-order valence-corrected chi connectivity index (χ0v) is 12.4. The van der Waals surface area contributed by atoms with Crippen LogP contribution >= 0.6 is 0 Å². The summed E-state index contributed by atoms with van der Waals surface area (Å²) in [5.41, 5.74) is 6.38. The van der Waals surface area contributed by atoms with E-state index in [1.165, 1.54) is 9.91 Å². The number of para-hydroxylation sites is 1. The summed E-state index contributed by atoms with van der Waals surface area (Å²) in [5, 5.41) is 8.42. The minimum absolute atomic E-state index is 0.00439. The number of hydrogen-bond acceptors (Lipinski definition) is 5. The second-order valence-corrected chi connectivity index (χ2v) is 5.43. The van der Waals surface area contributed by atoms with Crippen molar-refractivity contribution in [3.8, 4) is 0 Å². The van der Waals surface area contributed by atoms with Crippen LogP contribution < -0.4 is 16.1 Å². The highest BCUT2D eigenvalue weighted by atomic mass is 16.2. The van der Waals surface area contributed by atoms with Gasteiger partial charge in [0.25, 0.3) is 5.91 Å². The monoisotopic (exact) mass is 315 g/mol. The zero-order valence-electron chi connectivity index (χ0n) is 12.4. The lowest BCUT2D eigenvalue weighted by Crippen LogP contribution is -2.51. The lowest BCUT2D eigenvalue weighted by molar-refractivity contribution is -0.133. The number of amides is 3. The molecule has 1 aromatic rings. The normalized spacial score (nSPS) is 21.0. The minimum Gasteiger partial charge on any atom is -0.368 e. The maximum absolute atomic E-state index is 12.5. The number of anilines is 1. The van der Waals surface area contributed by atoms with Crippen LogP contribution in [0.1, 0.15) is 6.42 Å². The number of rotatable bonds is 3. The lowest BCUT2D eigenvalue weighted by Gasteiger charge is -2.26. The Morgan fingerprint density at radius 3 is 2.65 bits per heavy atom. The predicted molar refractivity (Wildman–Crippen MR) is 83.5 cm³/mol. The van der Waals surface area contributed by atoms with Gasteiger partial charge in [-0.1, -0.05) is 18.2 Å². The number of primary amides is 1. The minimum atomic E-state index is -0.699. The first-order valence-corrected chi connectivity index (χ1v) is 7.33. The molecular weight excluding hydrogens is 298 g/mol. The largest absolute Gasteiger partial charge is 0.368 e. The Hall–Kier alpha value is -2.90. The maximum Gasteiger partial charge on any atom is 0.270 e. The molecule has 120 valence electrons. The highest BCUT2D eigenvalue weighted by Gasteiger charge is 2.37. The number of carbonyl (C=O) groups is 3. The molecule has 23 heavy (non-hydrogen) atoms. The standard InChI is InChI=1S/C15H17N5O3/c16-14(22)12-8-11(15(23)19-7-6-17-13(21)9-19)18-20(12)10-4-2-1-3-5-10/h1-5,12H,6-9H2,(H2,16,22)(H,17,21)/t12-/m0/s1. The van der Waals surface area contributed by atoms with Crippen molar-refractivity contribution < 1.29 is 14.4 Å². The summed E-state index contributed by atoms with van der Waals surface area (Å²) in [7, 11) is 0. The van der Waals surface area contributed by atoms with Crippen LogP contribution in [0.4, 0.5) is 5.69 Å². The first-order valence-electron chi connectivity index (χ1n) is 7.33. The number of piperazine rings is 1. The Morgan fingerprint density at radius 2 is 2.00 bits per heavy atom. The van der Waals surface area contributed by atoms with Crippen molar-refractivity contribution in [2.24, 2.45) is 10.8 Å². The number of benzene rings is 1. The van der Waals surface area contributed by atoms with Crippen molar-refractivity contribution >= 4 is 29.1 Å². The topological polar surface area (TPSA) is 108 Å². The molecule has 2 aliphatic heterocycles. The van der Waals surface area contributed by atoms with E-state index < -0.39 is 11.9 Å². The Kier molecular flexibility index (Phi) is 3.96. The molecular formula is C15H17N5O3. The van der Waals surface area contributed by atoms with Gasteiger partial charge in [0, 0.05) is 19.5 Å². The molecule has 1 aromatic carbocycles. The van der Waals surface area contributed by atoms with Gasteiger partial charge in [0.15, 0.2) is 0 Å². The number of carbonyl (C=O) groups excluding carboxylic acids is 3. The van der Waals surface area contributed by atoms with Crippen molar-refractivity contribution in [3.63, 3.8) is 0 Å². The number of nitrogens with two attached hydrogens (primary N) is 1. The van der Waals surface area contributed by atoms with E-state index in [2.05, 4.69) is 10.4 Å². The summed E-state index contributed by atoms with van der Waals surface area (Å²) in [6, 6.07) is 8.37. The molecule has 0 saturated carbocycles. The molecule has 0 spiro atoms. The van der Waals surface area contributed by atoms with E-state index in [0.29, 0.717) is 18.8 Å². The van der Waals surface area contributed by atoms with Crippen LogP contribution in [0.5, 0.6) is 0 Å². The van der Waals surface area contributed by atoms with Crippen LogP contribution in [0.2, 0.25) is 0 Å². The van der Waals surface area contributed by atoms with Crippen molar-refractivity contribution in [2.75, 3.05) is 24.6 Å². The summed E-state index contributed by atoms with van der Waals surface area (Å²) >= 11 is 0. The smallest absolute Gasteiger partial charge is 0.270 e. The summed E-state index contributed by atoms with van der Waals surface area (Å²) < 4.78 is 0. The van der Waals surface area contributed by atoms with E-state index in [0.717, 1.165) is 0 Å². The molecule has 3 N–H and O–H groups in total. The quantitative estimate of drug-likeness (QED) is 0.751. The highest BCUT2D eigenvalue weighted by molar-refractivity contribution is 6.40. The molecule has 3 amide bonds. The second-order valence-electron chi connectivity index (χ2n) is 5.43. The Bertz CT molecular complexity index is 673. The van der Waals surface area contributed by atoms with Gasteiger partial charge in [-0.25, -0.2) is 0 Å². The summed E-state index contributed by atoms with van der Waals surface area (Å²) in [4.78, 5) is 37.1. The van der Waals surface area contributed by atoms with Gasteiger partial charge >= 0.3 is 0 Å². The molecule has 0 unspecified atom stereocenters.